The molecule has 0 aliphatic heterocycles. The molecule has 0 bridgehead atoms. The highest BCUT2D eigenvalue weighted by Gasteiger charge is 2.34. The van der Waals surface area contributed by atoms with Gasteiger partial charge in [0.05, 0.1) is 20.8 Å². The van der Waals surface area contributed by atoms with Gasteiger partial charge in [0.2, 0.25) is 0 Å². The fourth-order valence-corrected chi connectivity index (χ4v) is 2.14. The summed E-state index contributed by atoms with van der Waals surface area (Å²) >= 11 is 0. The minimum atomic E-state index is -0.755. The third-order valence-electron chi connectivity index (χ3n) is 3.17. The Morgan fingerprint density at radius 2 is 1.76 bits per heavy atom. The van der Waals surface area contributed by atoms with Gasteiger partial charge in [-0.25, -0.2) is 0 Å². The Balaban J connectivity index is 2.58. The number of carbonyl (C=O) groups excluding carboxylic acids is 1. The van der Waals surface area contributed by atoms with Crippen LogP contribution in [-0.4, -0.2) is 38.4 Å². The lowest BCUT2D eigenvalue weighted by Gasteiger charge is -2.30. The molecule has 0 heterocycles. The zero-order chi connectivity index (χ0) is 15.9. The highest BCUT2D eigenvalue weighted by atomic mass is 16.5. The predicted molar refractivity (Wildman–Crippen MR) is 81.8 cm³/mol. The Hall–Kier alpha value is -1.75. The normalized spacial score (nSPS) is 13.6. The van der Waals surface area contributed by atoms with Crippen LogP contribution in [0, 0.1) is 0 Å². The number of nitrogens with one attached hydrogen (secondary N) is 1. The first kappa shape index (κ1) is 17.3. The van der Waals surface area contributed by atoms with Crippen molar-refractivity contribution in [2.24, 2.45) is 0 Å². The van der Waals surface area contributed by atoms with Gasteiger partial charge in [-0.1, -0.05) is 0 Å². The molecule has 0 amide bonds. The summed E-state index contributed by atoms with van der Waals surface area (Å²) in [4.78, 5) is 11.9. The SMILES string of the molecule is COC(=O)C(C)(CCOc1ccc(OC)cc1)NC(C)C. The number of methoxy groups -OCH3 is 2. The van der Waals surface area contributed by atoms with Crippen molar-refractivity contribution in [3.05, 3.63) is 24.3 Å². The predicted octanol–water partition coefficient (Wildman–Crippen LogP) is 2.39. The van der Waals surface area contributed by atoms with E-state index in [1.54, 1.807) is 7.11 Å². The number of rotatable bonds is 8. The number of esters is 1. The molecule has 0 radical (unpaired) electrons. The van der Waals surface area contributed by atoms with Crippen molar-refractivity contribution in [2.75, 3.05) is 20.8 Å². The second-order valence-electron chi connectivity index (χ2n) is 5.40. The van der Waals surface area contributed by atoms with Gasteiger partial charge < -0.3 is 14.2 Å². The van der Waals surface area contributed by atoms with Crippen molar-refractivity contribution in [3.63, 3.8) is 0 Å². The van der Waals surface area contributed by atoms with Crippen LogP contribution in [-0.2, 0) is 9.53 Å². The summed E-state index contributed by atoms with van der Waals surface area (Å²) in [5, 5.41) is 3.24. The number of carbonyl (C=O) groups is 1. The van der Waals surface area contributed by atoms with Crippen molar-refractivity contribution in [2.45, 2.75) is 38.8 Å². The van der Waals surface area contributed by atoms with Crippen LogP contribution in [0.3, 0.4) is 0 Å². The molecule has 0 fully saturated rings. The third kappa shape index (κ3) is 5.27. The molecule has 0 saturated heterocycles. The van der Waals surface area contributed by atoms with Gasteiger partial charge in [-0.15, -0.1) is 0 Å². The van der Waals surface area contributed by atoms with E-state index in [1.165, 1.54) is 7.11 Å². The van der Waals surface area contributed by atoms with Gasteiger partial charge in [0.1, 0.15) is 17.0 Å². The number of hydrogen-bond acceptors (Lipinski definition) is 5. The fourth-order valence-electron chi connectivity index (χ4n) is 2.14. The molecule has 21 heavy (non-hydrogen) atoms. The third-order valence-corrected chi connectivity index (χ3v) is 3.17. The number of hydrogen-bond donors (Lipinski definition) is 1. The van der Waals surface area contributed by atoms with Crippen molar-refractivity contribution in [1.29, 1.82) is 0 Å². The summed E-state index contributed by atoms with van der Waals surface area (Å²) in [5.41, 5.74) is -0.755. The first-order valence-electron chi connectivity index (χ1n) is 7.04. The zero-order valence-electron chi connectivity index (χ0n) is 13.4. The fraction of sp³-hybridized carbons (Fsp3) is 0.562. The molecule has 5 nitrogen and oxygen atoms in total. The molecule has 1 rings (SSSR count). The van der Waals surface area contributed by atoms with Gasteiger partial charge in [0.15, 0.2) is 0 Å². The van der Waals surface area contributed by atoms with Gasteiger partial charge in [-0.3, -0.25) is 10.1 Å². The van der Waals surface area contributed by atoms with Gasteiger partial charge in [-0.05, 0) is 45.0 Å². The van der Waals surface area contributed by atoms with Crippen LogP contribution < -0.4 is 14.8 Å². The van der Waals surface area contributed by atoms with Gasteiger partial charge in [0, 0.05) is 12.5 Å². The van der Waals surface area contributed by atoms with Crippen LogP contribution in [0.15, 0.2) is 24.3 Å². The van der Waals surface area contributed by atoms with Crippen molar-refractivity contribution in [3.8, 4) is 11.5 Å². The summed E-state index contributed by atoms with van der Waals surface area (Å²) in [7, 11) is 3.02. The van der Waals surface area contributed by atoms with Gasteiger partial charge in [-0.2, -0.15) is 0 Å². The molecule has 0 aromatic heterocycles. The van der Waals surface area contributed by atoms with E-state index < -0.39 is 5.54 Å². The standard InChI is InChI=1S/C16H25NO4/c1-12(2)17-16(3,15(18)20-5)10-11-21-14-8-6-13(19-4)7-9-14/h6-9,12,17H,10-11H2,1-5H3. The highest BCUT2D eigenvalue weighted by molar-refractivity contribution is 5.80. The maximum absolute atomic E-state index is 11.9. The molecule has 1 aromatic carbocycles. The topological polar surface area (TPSA) is 56.8 Å². The largest absolute Gasteiger partial charge is 0.497 e. The van der Waals surface area contributed by atoms with Crippen LogP contribution in [0.2, 0.25) is 0 Å². The van der Waals surface area contributed by atoms with Crippen LogP contribution in [0.25, 0.3) is 0 Å². The summed E-state index contributed by atoms with van der Waals surface area (Å²) < 4.78 is 15.6. The molecule has 1 atom stereocenters. The second-order valence-corrected chi connectivity index (χ2v) is 5.40. The van der Waals surface area contributed by atoms with Crippen molar-refractivity contribution in [1.82, 2.24) is 5.32 Å². The lowest BCUT2D eigenvalue weighted by atomic mass is 9.97. The van der Waals surface area contributed by atoms with E-state index in [-0.39, 0.29) is 12.0 Å². The molecule has 1 unspecified atom stereocenters. The summed E-state index contributed by atoms with van der Waals surface area (Å²) in [6, 6.07) is 7.52. The Bertz CT molecular complexity index is 444. The van der Waals surface area contributed by atoms with E-state index in [4.69, 9.17) is 14.2 Å². The number of benzene rings is 1. The molecule has 1 N–H and O–H groups in total. The molecule has 5 heteroatoms. The number of ether oxygens (including phenoxy) is 3. The van der Waals surface area contributed by atoms with Crippen LogP contribution >= 0.6 is 0 Å². The monoisotopic (exact) mass is 295 g/mol. The van der Waals surface area contributed by atoms with Crippen molar-refractivity contribution >= 4 is 5.97 Å². The Morgan fingerprint density at radius 1 is 1.19 bits per heavy atom. The van der Waals surface area contributed by atoms with E-state index in [9.17, 15) is 4.79 Å². The summed E-state index contributed by atoms with van der Waals surface area (Å²) in [5.74, 6) is 1.24. The second kappa shape index (κ2) is 7.88. The lowest BCUT2D eigenvalue weighted by molar-refractivity contribution is -0.148. The molecule has 0 saturated carbocycles. The average molecular weight is 295 g/mol. The Labute approximate surface area is 126 Å². The van der Waals surface area contributed by atoms with Crippen molar-refractivity contribution < 1.29 is 19.0 Å². The molecule has 0 spiro atoms. The van der Waals surface area contributed by atoms with Gasteiger partial charge >= 0.3 is 5.97 Å². The Morgan fingerprint density at radius 3 is 2.24 bits per heavy atom. The van der Waals surface area contributed by atoms with E-state index in [0.717, 1.165) is 11.5 Å². The quantitative estimate of drug-likeness (QED) is 0.746. The lowest BCUT2D eigenvalue weighted by Crippen LogP contribution is -2.53. The van der Waals surface area contributed by atoms with Crippen LogP contribution in [0.1, 0.15) is 27.2 Å². The maximum Gasteiger partial charge on any atom is 0.325 e. The van der Waals surface area contributed by atoms with E-state index in [2.05, 4.69) is 5.32 Å². The zero-order valence-corrected chi connectivity index (χ0v) is 13.4. The molecule has 0 aliphatic carbocycles. The summed E-state index contributed by atoms with van der Waals surface area (Å²) in [6.45, 7) is 6.23. The Kier molecular flexibility index (Phi) is 6.49. The van der Waals surface area contributed by atoms with E-state index in [1.807, 2.05) is 45.0 Å². The van der Waals surface area contributed by atoms with Gasteiger partial charge in [0.25, 0.3) is 0 Å². The highest BCUT2D eigenvalue weighted by Crippen LogP contribution is 2.19. The minimum absolute atomic E-state index is 0.176. The molecular weight excluding hydrogens is 270 g/mol. The first-order valence-corrected chi connectivity index (χ1v) is 7.04. The van der Waals surface area contributed by atoms with E-state index in [0.29, 0.717) is 13.0 Å². The molecule has 1 aromatic rings. The minimum Gasteiger partial charge on any atom is -0.497 e. The average Bonchev–Trinajstić information content (AvgIpc) is 2.46. The molecule has 118 valence electrons. The molecule has 0 aliphatic rings. The van der Waals surface area contributed by atoms with E-state index >= 15 is 0 Å². The smallest absolute Gasteiger partial charge is 0.325 e. The summed E-state index contributed by atoms with van der Waals surface area (Å²) in [6.07, 6.45) is 0.518. The maximum atomic E-state index is 11.9. The first-order chi connectivity index (χ1) is 9.91. The van der Waals surface area contributed by atoms with Crippen LogP contribution in [0.4, 0.5) is 0 Å². The van der Waals surface area contributed by atoms with Crippen LogP contribution in [0.5, 0.6) is 11.5 Å². The molecular formula is C16H25NO4.